The number of hydrazine groups is 1. The first kappa shape index (κ1) is 10.7. The number of hydrogen-bond donors (Lipinski definition) is 1. The van der Waals surface area contributed by atoms with Gasteiger partial charge in [0.1, 0.15) is 0 Å². The summed E-state index contributed by atoms with van der Waals surface area (Å²) in [5.74, 6) is 0. The molecule has 0 aliphatic carbocycles. The molecule has 0 bridgehead atoms. The molecule has 0 atom stereocenters. The van der Waals surface area contributed by atoms with Crippen LogP contribution in [0.5, 0.6) is 0 Å². The van der Waals surface area contributed by atoms with Crippen molar-refractivity contribution < 1.29 is 0 Å². The molecule has 0 aromatic carbocycles. The third-order valence-electron chi connectivity index (χ3n) is 3.10. The maximum atomic E-state index is 3.51. The van der Waals surface area contributed by atoms with E-state index in [2.05, 4.69) is 40.3 Å². The molecule has 2 rings (SSSR count). The van der Waals surface area contributed by atoms with Crippen LogP contribution in [0.1, 0.15) is 31.9 Å². The van der Waals surface area contributed by atoms with Gasteiger partial charge >= 0.3 is 0 Å². The number of hydrogen-bond acceptors (Lipinski definition) is 2. The Morgan fingerprint density at radius 3 is 2.80 bits per heavy atom. The minimum absolute atomic E-state index is 0.959. The van der Waals surface area contributed by atoms with Crippen LogP contribution in [0.4, 0.5) is 0 Å². The SMILES string of the molecule is CCn1cccc1CNN1CCCCC1. The van der Waals surface area contributed by atoms with Gasteiger partial charge in [-0.3, -0.25) is 0 Å². The summed E-state index contributed by atoms with van der Waals surface area (Å²) in [6, 6.07) is 4.32. The molecule has 0 saturated carbocycles. The van der Waals surface area contributed by atoms with Crippen molar-refractivity contribution in [3.05, 3.63) is 24.0 Å². The second-order valence-corrected chi connectivity index (χ2v) is 4.17. The van der Waals surface area contributed by atoms with E-state index in [1.165, 1.54) is 38.0 Å². The van der Waals surface area contributed by atoms with Crippen molar-refractivity contribution in [1.82, 2.24) is 15.0 Å². The zero-order valence-electron chi connectivity index (χ0n) is 9.58. The highest BCUT2D eigenvalue weighted by Gasteiger charge is 2.09. The van der Waals surface area contributed by atoms with Gasteiger partial charge in [-0.25, -0.2) is 10.4 Å². The molecule has 1 aromatic rings. The Hall–Kier alpha value is -0.800. The Morgan fingerprint density at radius 2 is 2.07 bits per heavy atom. The standard InChI is InChI=1S/C12H21N3/c1-2-14-8-6-7-12(14)11-13-15-9-4-3-5-10-15/h6-8,13H,2-5,9-11H2,1H3. The molecule has 0 radical (unpaired) electrons. The number of nitrogens with one attached hydrogen (secondary N) is 1. The van der Waals surface area contributed by atoms with Crippen molar-refractivity contribution in [2.75, 3.05) is 13.1 Å². The van der Waals surface area contributed by atoms with Crippen LogP contribution in [0.2, 0.25) is 0 Å². The minimum Gasteiger partial charge on any atom is -0.350 e. The topological polar surface area (TPSA) is 20.2 Å². The molecule has 2 heterocycles. The lowest BCUT2D eigenvalue weighted by Crippen LogP contribution is -2.41. The van der Waals surface area contributed by atoms with Gasteiger partial charge in [-0.05, 0) is 31.9 Å². The van der Waals surface area contributed by atoms with E-state index >= 15 is 0 Å². The summed E-state index contributed by atoms with van der Waals surface area (Å²) >= 11 is 0. The van der Waals surface area contributed by atoms with Crippen LogP contribution in [0.15, 0.2) is 18.3 Å². The van der Waals surface area contributed by atoms with Gasteiger partial charge in [0.15, 0.2) is 0 Å². The molecule has 0 amide bonds. The lowest BCUT2D eigenvalue weighted by molar-refractivity contribution is 0.149. The zero-order valence-corrected chi connectivity index (χ0v) is 9.58. The van der Waals surface area contributed by atoms with Gasteiger partial charge < -0.3 is 4.57 Å². The Morgan fingerprint density at radius 1 is 1.27 bits per heavy atom. The van der Waals surface area contributed by atoms with Gasteiger partial charge in [-0.2, -0.15) is 0 Å². The lowest BCUT2D eigenvalue weighted by atomic mass is 10.2. The molecule has 3 nitrogen and oxygen atoms in total. The van der Waals surface area contributed by atoms with Crippen LogP contribution in [0.25, 0.3) is 0 Å². The quantitative estimate of drug-likeness (QED) is 0.815. The molecule has 1 aliphatic heterocycles. The van der Waals surface area contributed by atoms with Gasteiger partial charge in [-0.1, -0.05) is 6.42 Å². The Kier molecular flexibility index (Phi) is 3.80. The largest absolute Gasteiger partial charge is 0.350 e. The van der Waals surface area contributed by atoms with Gasteiger partial charge in [0.05, 0.1) is 6.54 Å². The number of rotatable bonds is 4. The summed E-state index contributed by atoms with van der Waals surface area (Å²) in [6.45, 7) is 6.61. The van der Waals surface area contributed by atoms with Gasteiger partial charge in [0.2, 0.25) is 0 Å². The molecule has 1 N–H and O–H groups in total. The fraction of sp³-hybridized carbons (Fsp3) is 0.667. The summed E-state index contributed by atoms with van der Waals surface area (Å²) in [5.41, 5.74) is 4.89. The highest BCUT2D eigenvalue weighted by molar-refractivity contribution is 5.06. The van der Waals surface area contributed by atoms with E-state index in [-0.39, 0.29) is 0 Å². The van der Waals surface area contributed by atoms with E-state index in [9.17, 15) is 0 Å². The van der Waals surface area contributed by atoms with Crippen LogP contribution in [0, 0.1) is 0 Å². The molecular formula is C12H21N3. The van der Waals surface area contributed by atoms with E-state index in [0.29, 0.717) is 0 Å². The van der Waals surface area contributed by atoms with Crippen molar-refractivity contribution in [2.45, 2.75) is 39.3 Å². The maximum Gasteiger partial charge on any atom is 0.0506 e. The number of aryl methyl sites for hydroxylation is 1. The molecule has 84 valence electrons. The molecule has 1 saturated heterocycles. The van der Waals surface area contributed by atoms with Crippen LogP contribution in [0.3, 0.4) is 0 Å². The summed E-state index contributed by atoms with van der Waals surface area (Å²) in [7, 11) is 0. The predicted octanol–water partition coefficient (Wildman–Crippen LogP) is 2.00. The molecule has 15 heavy (non-hydrogen) atoms. The van der Waals surface area contributed by atoms with Crippen LogP contribution < -0.4 is 5.43 Å². The van der Waals surface area contributed by atoms with Gasteiger partial charge in [-0.15, -0.1) is 0 Å². The number of aromatic nitrogens is 1. The number of nitrogens with zero attached hydrogens (tertiary/aromatic N) is 2. The normalized spacial score (nSPS) is 18.2. The summed E-state index contributed by atoms with van der Waals surface area (Å²) < 4.78 is 2.29. The van der Waals surface area contributed by atoms with E-state index in [0.717, 1.165) is 13.1 Å². The molecule has 3 heteroatoms. The Bertz CT molecular complexity index is 287. The van der Waals surface area contributed by atoms with E-state index in [1.807, 2.05) is 0 Å². The van der Waals surface area contributed by atoms with Crippen molar-refractivity contribution in [1.29, 1.82) is 0 Å². The highest BCUT2D eigenvalue weighted by Crippen LogP contribution is 2.07. The van der Waals surface area contributed by atoms with Crippen molar-refractivity contribution in [2.24, 2.45) is 0 Å². The average molecular weight is 207 g/mol. The zero-order chi connectivity index (χ0) is 10.5. The van der Waals surface area contributed by atoms with Gasteiger partial charge in [0, 0.05) is 31.5 Å². The van der Waals surface area contributed by atoms with Crippen LogP contribution >= 0.6 is 0 Å². The third-order valence-corrected chi connectivity index (χ3v) is 3.10. The molecule has 0 spiro atoms. The Labute approximate surface area is 92.0 Å². The van der Waals surface area contributed by atoms with Crippen molar-refractivity contribution >= 4 is 0 Å². The van der Waals surface area contributed by atoms with Crippen molar-refractivity contribution in [3.63, 3.8) is 0 Å². The summed E-state index contributed by atoms with van der Waals surface area (Å²) in [6.07, 6.45) is 6.21. The fourth-order valence-corrected chi connectivity index (χ4v) is 2.16. The molecule has 1 fully saturated rings. The van der Waals surface area contributed by atoms with Crippen LogP contribution in [-0.4, -0.2) is 22.7 Å². The maximum absolute atomic E-state index is 3.51. The third kappa shape index (κ3) is 2.83. The second-order valence-electron chi connectivity index (χ2n) is 4.17. The van der Waals surface area contributed by atoms with Crippen molar-refractivity contribution in [3.8, 4) is 0 Å². The van der Waals surface area contributed by atoms with Gasteiger partial charge in [0.25, 0.3) is 0 Å². The first-order chi connectivity index (χ1) is 7.40. The first-order valence-electron chi connectivity index (χ1n) is 6.02. The second kappa shape index (κ2) is 5.33. The lowest BCUT2D eigenvalue weighted by Gasteiger charge is -2.27. The summed E-state index contributed by atoms with van der Waals surface area (Å²) in [5, 5.41) is 2.36. The number of piperidine rings is 1. The monoisotopic (exact) mass is 207 g/mol. The minimum atomic E-state index is 0.959. The summed E-state index contributed by atoms with van der Waals surface area (Å²) in [4.78, 5) is 0. The van der Waals surface area contributed by atoms with E-state index < -0.39 is 0 Å². The fourth-order valence-electron chi connectivity index (χ4n) is 2.16. The molecule has 1 aliphatic rings. The smallest absolute Gasteiger partial charge is 0.0506 e. The molecule has 0 unspecified atom stereocenters. The molecule has 1 aromatic heterocycles. The predicted molar refractivity (Wildman–Crippen MR) is 62.4 cm³/mol. The Balaban J connectivity index is 1.81. The highest BCUT2D eigenvalue weighted by atomic mass is 15.5. The molecular weight excluding hydrogens is 186 g/mol. The van der Waals surface area contributed by atoms with E-state index in [1.54, 1.807) is 0 Å². The van der Waals surface area contributed by atoms with Crippen LogP contribution in [-0.2, 0) is 13.1 Å². The average Bonchev–Trinajstić information content (AvgIpc) is 2.75. The van der Waals surface area contributed by atoms with E-state index in [4.69, 9.17) is 0 Å². The first-order valence-corrected chi connectivity index (χ1v) is 6.02.